The van der Waals surface area contributed by atoms with E-state index in [1.165, 1.54) is 32.1 Å². The van der Waals surface area contributed by atoms with Crippen LogP contribution in [-0.2, 0) is 11.1 Å². The van der Waals surface area contributed by atoms with E-state index in [9.17, 15) is 14.4 Å². The van der Waals surface area contributed by atoms with E-state index in [0.29, 0.717) is 13.0 Å². The first-order valence-corrected chi connectivity index (χ1v) is 11.2. The molecule has 1 aromatic carbocycles. The van der Waals surface area contributed by atoms with Crippen molar-refractivity contribution in [3.8, 4) is 5.75 Å². The maximum atomic E-state index is 11.3. The Kier molecular flexibility index (Phi) is 8.44. The van der Waals surface area contributed by atoms with Crippen molar-refractivity contribution in [1.82, 2.24) is 4.90 Å². The summed E-state index contributed by atoms with van der Waals surface area (Å²) < 4.78 is 17.1. The van der Waals surface area contributed by atoms with Gasteiger partial charge in [0.2, 0.25) is 0 Å². The lowest BCUT2D eigenvalue weighted by Gasteiger charge is -2.17. The van der Waals surface area contributed by atoms with Gasteiger partial charge in [0.15, 0.2) is 0 Å². The Morgan fingerprint density at radius 1 is 1.12 bits per heavy atom. The highest BCUT2D eigenvalue weighted by atomic mass is 31.2. The third-order valence-electron chi connectivity index (χ3n) is 4.82. The molecular formula is C19H32NO4P. The topological polar surface area (TPSA) is 70.0 Å². The summed E-state index contributed by atoms with van der Waals surface area (Å²) >= 11 is 0. The Labute approximate surface area is 151 Å². The van der Waals surface area contributed by atoms with Crippen LogP contribution in [0.1, 0.15) is 57.4 Å². The van der Waals surface area contributed by atoms with Crippen molar-refractivity contribution >= 4 is 7.60 Å². The lowest BCUT2D eigenvalue weighted by atomic mass is 10.1. The first-order valence-electron chi connectivity index (χ1n) is 9.48. The van der Waals surface area contributed by atoms with E-state index >= 15 is 0 Å². The molecule has 2 N–H and O–H groups in total. The minimum absolute atomic E-state index is 0.473. The number of ether oxygens (including phenoxy) is 1. The molecule has 25 heavy (non-hydrogen) atoms. The average Bonchev–Trinajstić information content (AvgIpc) is 3.04. The smallest absolute Gasteiger partial charge is 0.329 e. The Morgan fingerprint density at radius 2 is 1.80 bits per heavy atom. The maximum absolute atomic E-state index is 11.3. The van der Waals surface area contributed by atoms with Crippen LogP contribution in [0.5, 0.6) is 5.75 Å². The number of rotatable bonds is 11. The van der Waals surface area contributed by atoms with Crippen LogP contribution in [0.15, 0.2) is 24.3 Å². The largest absolute Gasteiger partial charge is 0.494 e. The standard InChI is InChI=1S/C19H32NO4P/c1-2-3-4-5-6-7-14-24-18-10-8-17(9-11-18)15-20-13-12-19(16-20)25(21,22)23/h8-11,19H,2-7,12-16H2,1H3,(H2,21,22,23). The number of likely N-dealkylation sites (tertiary alicyclic amines) is 1. The van der Waals surface area contributed by atoms with Crippen molar-refractivity contribution in [3.63, 3.8) is 0 Å². The van der Waals surface area contributed by atoms with Gasteiger partial charge in [-0.2, -0.15) is 0 Å². The molecule has 5 nitrogen and oxygen atoms in total. The van der Waals surface area contributed by atoms with E-state index < -0.39 is 13.3 Å². The molecule has 1 fully saturated rings. The third kappa shape index (κ3) is 7.49. The first kappa shape index (κ1) is 20.4. The third-order valence-corrected chi connectivity index (χ3v) is 6.19. The van der Waals surface area contributed by atoms with Gasteiger partial charge in [-0.3, -0.25) is 9.46 Å². The van der Waals surface area contributed by atoms with Crippen molar-refractivity contribution in [2.75, 3.05) is 19.7 Å². The quantitative estimate of drug-likeness (QED) is 0.452. The lowest BCUT2D eigenvalue weighted by molar-refractivity contribution is 0.303. The van der Waals surface area contributed by atoms with Gasteiger partial charge in [-0.25, -0.2) is 0 Å². The van der Waals surface area contributed by atoms with Gasteiger partial charge in [0, 0.05) is 13.1 Å². The number of hydrogen-bond donors (Lipinski definition) is 2. The summed E-state index contributed by atoms with van der Waals surface area (Å²) in [6, 6.07) is 8.06. The fraction of sp³-hybridized carbons (Fsp3) is 0.684. The van der Waals surface area contributed by atoms with Crippen LogP contribution < -0.4 is 4.74 Å². The van der Waals surface area contributed by atoms with Crippen LogP contribution in [-0.4, -0.2) is 40.0 Å². The number of benzene rings is 1. The summed E-state index contributed by atoms with van der Waals surface area (Å²) in [5.74, 6) is 0.895. The summed E-state index contributed by atoms with van der Waals surface area (Å²) in [6.07, 6.45) is 8.13. The molecule has 142 valence electrons. The predicted octanol–water partition coefficient (Wildman–Crippen LogP) is 4.18. The van der Waals surface area contributed by atoms with Gasteiger partial charge >= 0.3 is 7.60 Å². The van der Waals surface area contributed by atoms with E-state index in [1.807, 2.05) is 24.3 Å². The van der Waals surface area contributed by atoms with E-state index in [1.54, 1.807) is 0 Å². The maximum Gasteiger partial charge on any atom is 0.329 e. The molecule has 2 rings (SSSR count). The molecule has 1 heterocycles. The molecule has 1 unspecified atom stereocenters. The second-order valence-electron chi connectivity index (χ2n) is 7.03. The molecule has 6 heteroatoms. The Bertz CT molecular complexity index is 543. The second-order valence-corrected chi connectivity index (χ2v) is 8.94. The Balaban J connectivity index is 1.66. The summed E-state index contributed by atoms with van der Waals surface area (Å²) in [4.78, 5) is 20.6. The molecule has 0 aromatic heterocycles. The molecule has 0 bridgehead atoms. The zero-order chi connectivity index (χ0) is 18.1. The molecule has 1 atom stereocenters. The molecule has 0 spiro atoms. The molecular weight excluding hydrogens is 337 g/mol. The number of nitrogens with zero attached hydrogens (tertiary/aromatic N) is 1. The van der Waals surface area contributed by atoms with Crippen LogP contribution in [0.3, 0.4) is 0 Å². The zero-order valence-electron chi connectivity index (χ0n) is 15.3. The van der Waals surface area contributed by atoms with Gasteiger partial charge in [-0.1, -0.05) is 51.2 Å². The summed E-state index contributed by atoms with van der Waals surface area (Å²) in [5, 5.41) is 0. The monoisotopic (exact) mass is 369 g/mol. The average molecular weight is 369 g/mol. The number of hydrogen-bond acceptors (Lipinski definition) is 3. The SMILES string of the molecule is CCCCCCCCOc1ccc(CN2CCC(P(=O)(O)O)C2)cc1. The lowest BCUT2D eigenvalue weighted by Crippen LogP contribution is -2.21. The highest BCUT2D eigenvalue weighted by molar-refractivity contribution is 7.52. The Hall–Kier alpha value is -0.870. The van der Waals surface area contributed by atoms with Gasteiger partial charge in [0.1, 0.15) is 5.75 Å². The van der Waals surface area contributed by atoms with Gasteiger partial charge in [0.05, 0.1) is 12.3 Å². The Morgan fingerprint density at radius 3 is 2.44 bits per heavy atom. The highest BCUT2D eigenvalue weighted by Gasteiger charge is 2.35. The summed E-state index contributed by atoms with van der Waals surface area (Å²) in [7, 11) is -3.95. The molecule has 0 saturated carbocycles. The summed E-state index contributed by atoms with van der Waals surface area (Å²) in [5.41, 5.74) is 0.644. The van der Waals surface area contributed by atoms with Crippen LogP contribution in [0.2, 0.25) is 0 Å². The molecule has 1 aliphatic rings. The van der Waals surface area contributed by atoms with Crippen LogP contribution >= 0.6 is 7.60 Å². The molecule has 0 aliphatic carbocycles. The van der Waals surface area contributed by atoms with Gasteiger partial charge in [-0.05, 0) is 37.1 Å². The van der Waals surface area contributed by atoms with E-state index in [-0.39, 0.29) is 0 Å². The zero-order valence-corrected chi connectivity index (χ0v) is 16.2. The summed E-state index contributed by atoms with van der Waals surface area (Å²) in [6.45, 7) is 4.94. The highest BCUT2D eigenvalue weighted by Crippen LogP contribution is 2.45. The predicted molar refractivity (Wildman–Crippen MR) is 101 cm³/mol. The normalized spacial score (nSPS) is 18.6. The molecule has 0 amide bonds. The molecule has 0 radical (unpaired) electrons. The van der Waals surface area contributed by atoms with Gasteiger partial charge in [0.25, 0.3) is 0 Å². The molecule has 1 aromatic rings. The van der Waals surface area contributed by atoms with E-state index in [2.05, 4.69) is 11.8 Å². The second kappa shape index (κ2) is 10.3. The van der Waals surface area contributed by atoms with Crippen LogP contribution in [0, 0.1) is 0 Å². The first-order chi connectivity index (χ1) is 12.0. The van der Waals surface area contributed by atoms with Crippen molar-refractivity contribution in [2.45, 2.75) is 64.1 Å². The van der Waals surface area contributed by atoms with Crippen molar-refractivity contribution in [2.24, 2.45) is 0 Å². The van der Waals surface area contributed by atoms with E-state index in [0.717, 1.165) is 37.4 Å². The molecule has 1 aliphatic heterocycles. The fourth-order valence-corrected chi connectivity index (χ4v) is 4.15. The van der Waals surface area contributed by atoms with E-state index in [4.69, 9.17) is 4.74 Å². The van der Waals surface area contributed by atoms with Crippen molar-refractivity contribution in [1.29, 1.82) is 0 Å². The number of unbranched alkanes of at least 4 members (excludes halogenated alkanes) is 5. The fourth-order valence-electron chi connectivity index (χ4n) is 3.25. The van der Waals surface area contributed by atoms with Crippen LogP contribution in [0.25, 0.3) is 0 Å². The van der Waals surface area contributed by atoms with Crippen LogP contribution in [0.4, 0.5) is 0 Å². The molecule has 1 saturated heterocycles. The van der Waals surface area contributed by atoms with Crippen molar-refractivity contribution in [3.05, 3.63) is 29.8 Å². The van der Waals surface area contributed by atoms with Gasteiger partial charge < -0.3 is 14.5 Å². The van der Waals surface area contributed by atoms with Gasteiger partial charge in [-0.15, -0.1) is 0 Å². The minimum Gasteiger partial charge on any atom is -0.494 e. The van der Waals surface area contributed by atoms with Crippen molar-refractivity contribution < 1.29 is 19.1 Å². The minimum atomic E-state index is -3.95.